The number of carbonyl (C=O) groups excluding carboxylic acids is 1. The molecule has 0 bridgehead atoms. The first-order valence-electron chi connectivity index (χ1n) is 7.16. The van der Waals surface area contributed by atoms with Gasteiger partial charge in [-0.15, -0.1) is 23.7 Å². The summed E-state index contributed by atoms with van der Waals surface area (Å²) in [4.78, 5) is 19.6. The van der Waals surface area contributed by atoms with Crippen LogP contribution in [0.1, 0.15) is 16.7 Å². The lowest BCUT2D eigenvalue weighted by Crippen LogP contribution is -2.32. The van der Waals surface area contributed by atoms with Gasteiger partial charge in [-0.25, -0.2) is 4.99 Å². The summed E-state index contributed by atoms with van der Waals surface area (Å²) in [5.74, 6) is 0.766. The molecule has 22 heavy (non-hydrogen) atoms. The number of benzene rings is 1. The summed E-state index contributed by atoms with van der Waals surface area (Å²) in [6.07, 6.45) is 2.18. The van der Waals surface area contributed by atoms with Crippen LogP contribution in [0, 0.1) is 0 Å². The maximum atomic E-state index is 11.5. The van der Waals surface area contributed by atoms with Crippen molar-refractivity contribution in [1.29, 1.82) is 0 Å². The third-order valence-electron chi connectivity index (χ3n) is 4.44. The van der Waals surface area contributed by atoms with E-state index in [1.54, 1.807) is 11.3 Å². The third-order valence-corrected chi connectivity index (χ3v) is 5.64. The van der Waals surface area contributed by atoms with Crippen LogP contribution in [-0.4, -0.2) is 23.3 Å². The fraction of sp³-hybridized carbons (Fsp3) is 0.250. The van der Waals surface area contributed by atoms with E-state index in [4.69, 9.17) is 0 Å². The Kier molecular flexibility index (Phi) is 3.03. The Bertz CT molecular complexity index is 827. The van der Waals surface area contributed by atoms with Crippen LogP contribution in [0.2, 0.25) is 0 Å². The summed E-state index contributed by atoms with van der Waals surface area (Å²) < 4.78 is 0. The minimum atomic E-state index is 0. The second-order valence-electron chi connectivity index (χ2n) is 5.69. The number of thiophene rings is 1. The number of nitrogens with zero attached hydrogens (tertiary/aromatic N) is 2. The molecule has 0 atom stereocenters. The van der Waals surface area contributed by atoms with Gasteiger partial charge in [0.25, 0.3) is 0 Å². The molecular weight excluding hydrogens is 318 g/mol. The van der Waals surface area contributed by atoms with Gasteiger partial charge in [-0.05, 0) is 29.5 Å². The molecule has 6 heteroatoms. The highest BCUT2D eigenvalue weighted by Gasteiger charge is 2.33. The molecule has 1 N–H and O–H groups in total. The maximum absolute atomic E-state index is 11.5. The lowest BCUT2D eigenvalue weighted by atomic mass is 9.89. The SMILES string of the molecule is Cl.O=C1CN2Cc3c(sc4c3CCc3ccccc3-4)N=C2N1. The molecule has 2 aliphatic heterocycles. The fourth-order valence-electron chi connectivity index (χ4n) is 3.45. The Hall–Kier alpha value is -1.85. The van der Waals surface area contributed by atoms with E-state index in [1.165, 1.54) is 27.1 Å². The van der Waals surface area contributed by atoms with E-state index in [0.717, 1.165) is 30.3 Å². The number of rotatable bonds is 0. The number of amides is 1. The van der Waals surface area contributed by atoms with E-state index in [9.17, 15) is 4.79 Å². The van der Waals surface area contributed by atoms with Crippen molar-refractivity contribution in [2.45, 2.75) is 19.4 Å². The first kappa shape index (κ1) is 13.8. The number of aryl methyl sites for hydroxylation is 1. The zero-order valence-corrected chi connectivity index (χ0v) is 13.4. The minimum Gasteiger partial charge on any atom is -0.329 e. The number of hydrogen-bond acceptors (Lipinski definition) is 4. The zero-order chi connectivity index (χ0) is 14.0. The van der Waals surface area contributed by atoms with Gasteiger partial charge in [0.05, 0.1) is 0 Å². The van der Waals surface area contributed by atoms with Crippen molar-refractivity contribution in [3.8, 4) is 10.4 Å². The molecule has 1 amide bonds. The molecule has 0 unspecified atom stereocenters. The molecule has 5 rings (SSSR count). The van der Waals surface area contributed by atoms with Gasteiger partial charge in [0.2, 0.25) is 11.9 Å². The molecule has 3 heterocycles. The van der Waals surface area contributed by atoms with Crippen LogP contribution in [0.5, 0.6) is 0 Å². The summed E-state index contributed by atoms with van der Waals surface area (Å²) in [5, 5.41) is 3.91. The van der Waals surface area contributed by atoms with Crippen molar-refractivity contribution in [1.82, 2.24) is 10.2 Å². The number of guanidine groups is 1. The average molecular weight is 332 g/mol. The number of nitrogens with one attached hydrogen (secondary N) is 1. The molecule has 1 saturated heterocycles. The quantitative estimate of drug-likeness (QED) is 0.806. The van der Waals surface area contributed by atoms with Gasteiger partial charge >= 0.3 is 0 Å². The largest absolute Gasteiger partial charge is 0.329 e. The summed E-state index contributed by atoms with van der Waals surface area (Å²) in [6, 6.07) is 8.66. The zero-order valence-electron chi connectivity index (χ0n) is 11.8. The van der Waals surface area contributed by atoms with Crippen molar-refractivity contribution < 1.29 is 4.79 Å². The van der Waals surface area contributed by atoms with Crippen molar-refractivity contribution in [2.75, 3.05) is 6.54 Å². The van der Waals surface area contributed by atoms with Gasteiger partial charge in [0.15, 0.2) is 0 Å². The van der Waals surface area contributed by atoms with Gasteiger partial charge in [-0.2, -0.15) is 0 Å². The van der Waals surface area contributed by atoms with E-state index in [2.05, 4.69) is 34.6 Å². The van der Waals surface area contributed by atoms with E-state index in [-0.39, 0.29) is 18.3 Å². The smallest absolute Gasteiger partial charge is 0.246 e. The van der Waals surface area contributed by atoms with E-state index in [1.807, 2.05) is 4.90 Å². The Morgan fingerprint density at radius 3 is 2.91 bits per heavy atom. The van der Waals surface area contributed by atoms with Gasteiger partial charge in [-0.3, -0.25) is 10.1 Å². The number of hydrogen-bond donors (Lipinski definition) is 1. The summed E-state index contributed by atoms with van der Waals surface area (Å²) in [5.41, 5.74) is 5.56. The number of aliphatic imine (C=N–C) groups is 1. The van der Waals surface area contributed by atoms with Crippen molar-refractivity contribution in [2.24, 2.45) is 4.99 Å². The lowest BCUT2D eigenvalue weighted by Gasteiger charge is -2.22. The predicted molar refractivity (Wildman–Crippen MR) is 90.1 cm³/mol. The van der Waals surface area contributed by atoms with Crippen LogP contribution in [0.15, 0.2) is 29.3 Å². The number of fused-ring (bicyclic) bond motifs is 6. The van der Waals surface area contributed by atoms with Crippen LogP contribution < -0.4 is 5.32 Å². The highest BCUT2D eigenvalue weighted by atomic mass is 35.5. The molecule has 0 spiro atoms. The summed E-state index contributed by atoms with van der Waals surface area (Å²) in [6.45, 7) is 1.24. The summed E-state index contributed by atoms with van der Waals surface area (Å²) >= 11 is 1.77. The average Bonchev–Trinajstić information content (AvgIpc) is 3.03. The third kappa shape index (κ3) is 1.82. The van der Waals surface area contributed by atoms with E-state index >= 15 is 0 Å². The molecule has 1 aromatic heterocycles. The molecule has 2 aromatic rings. The van der Waals surface area contributed by atoms with Gasteiger partial charge < -0.3 is 4.90 Å². The Morgan fingerprint density at radius 2 is 2.00 bits per heavy atom. The predicted octanol–water partition coefficient (Wildman–Crippen LogP) is 2.87. The van der Waals surface area contributed by atoms with Crippen LogP contribution in [0.4, 0.5) is 5.00 Å². The molecule has 1 aliphatic carbocycles. The van der Waals surface area contributed by atoms with Crippen LogP contribution in [0.25, 0.3) is 10.4 Å². The molecule has 0 saturated carbocycles. The number of halogens is 1. The second kappa shape index (κ2) is 4.83. The van der Waals surface area contributed by atoms with Gasteiger partial charge in [0, 0.05) is 17.0 Å². The van der Waals surface area contributed by atoms with Crippen molar-refractivity contribution >= 4 is 40.6 Å². The monoisotopic (exact) mass is 331 g/mol. The first-order valence-corrected chi connectivity index (χ1v) is 7.97. The van der Waals surface area contributed by atoms with E-state index < -0.39 is 0 Å². The molecule has 1 fully saturated rings. The molecule has 4 nitrogen and oxygen atoms in total. The highest BCUT2D eigenvalue weighted by molar-refractivity contribution is 7.19. The second-order valence-corrected chi connectivity index (χ2v) is 6.69. The molecule has 3 aliphatic rings. The maximum Gasteiger partial charge on any atom is 0.246 e. The Balaban J connectivity index is 0.00000125. The molecular formula is C16H14ClN3OS. The van der Waals surface area contributed by atoms with Crippen LogP contribution in [0.3, 0.4) is 0 Å². The molecule has 112 valence electrons. The summed E-state index contributed by atoms with van der Waals surface area (Å²) in [7, 11) is 0. The van der Waals surface area contributed by atoms with E-state index in [0.29, 0.717) is 6.54 Å². The topological polar surface area (TPSA) is 44.7 Å². The Labute approximate surface area is 138 Å². The number of carbonyl (C=O) groups is 1. The highest BCUT2D eigenvalue weighted by Crippen LogP contribution is 2.48. The van der Waals surface area contributed by atoms with Crippen molar-refractivity contribution in [3.05, 3.63) is 41.0 Å². The van der Waals surface area contributed by atoms with Crippen molar-refractivity contribution in [3.63, 3.8) is 0 Å². The molecule has 1 aromatic carbocycles. The standard InChI is InChI=1S/C16H13N3OS.ClH/c20-13-8-19-7-12-11-6-5-9-3-1-2-4-10(9)14(11)21-15(12)18-16(19)17-13;/h1-4H,5-8H2,(H,17,18,20);1H. The Morgan fingerprint density at radius 1 is 1.14 bits per heavy atom. The first-order chi connectivity index (χ1) is 10.3. The van der Waals surface area contributed by atoms with Gasteiger partial charge in [-0.1, -0.05) is 24.3 Å². The molecule has 0 radical (unpaired) electrons. The van der Waals surface area contributed by atoms with Gasteiger partial charge in [0.1, 0.15) is 11.5 Å². The van der Waals surface area contributed by atoms with Crippen LogP contribution in [-0.2, 0) is 24.2 Å². The van der Waals surface area contributed by atoms with Crippen LogP contribution >= 0.6 is 23.7 Å². The lowest BCUT2D eigenvalue weighted by molar-refractivity contribution is -0.118. The minimum absolute atomic E-state index is 0. The normalized spacial score (nSPS) is 17.5. The fourth-order valence-corrected chi connectivity index (χ4v) is 4.74.